The molecule has 0 amide bonds. The summed E-state index contributed by atoms with van der Waals surface area (Å²) in [5.74, 6) is 3.90. The largest absolute Gasteiger partial charge is 0.0654 e. The molecule has 0 heteroatoms. The minimum Gasteiger partial charge on any atom is -0.0654 e. The summed E-state index contributed by atoms with van der Waals surface area (Å²) >= 11 is 0. The number of benzene rings is 1. The van der Waals surface area contributed by atoms with Crippen LogP contribution in [-0.4, -0.2) is 0 Å². The molecule has 2 saturated carbocycles. The highest BCUT2D eigenvalue weighted by atomic mass is 14.3. The van der Waals surface area contributed by atoms with Crippen LogP contribution in [0.3, 0.4) is 0 Å². The molecule has 0 heterocycles. The molecule has 0 nitrogen and oxygen atoms in total. The van der Waals surface area contributed by atoms with Crippen LogP contribution in [0.4, 0.5) is 0 Å². The number of hydrogen-bond acceptors (Lipinski definition) is 0. The fraction of sp³-hybridized carbons (Fsp3) is 0.800. The topological polar surface area (TPSA) is 0 Å². The van der Waals surface area contributed by atoms with Crippen molar-refractivity contribution in [1.29, 1.82) is 0 Å². The van der Waals surface area contributed by atoms with Gasteiger partial charge in [-0.15, -0.1) is 0 Å². The van der Waals surface area contributed by atoms with Gasteiger partial charge in [0.05, 0.1) is 0 Å². The first-order valence-corrected chi connectivity index (χ1v) is 13.9. The zero-order chi connectivity index (χ0) is 21.0. The molecule has 2 aliphatic carbocycles. The number of aryl methyl sites for hydroxylation is 1. The first kappa shape index (κ1) is 23.9. The van der Waals surface area contributed by atoms with Gasteiger partial charge in [-0.3, -0.25) is 0 Å². The standard InChI is InChI=1S/C30H50/c1-3-5-7-9-25-11-13-27(14-12-25)15-16-28-19-23-30(24-20-28)29-21-17-26(18-22-29)10-8-6-4-2/h19-20,23-27,29H,3-18,21-22H2,1-2H3. The van der Waals surface area contributed by atoms with Gasteiger partial charge >= 0.3 is 0 Å². The fourth-order valence-electron chi connectivity index (χ4n) is 6.29. The number of rotatable bonds is 12. The van der Waals surface area contributed by atoms with Crippen molar-refractivity contribution in [3.05, 3.63) is 35.4 Å². The van der Waals surface area contributed by atoms with E-state index in [0.717, 1.165) is 23.7 Å². The Bertz CT molecular complexity index is 540. The van der Waals surface area contributed by atoms with Crippen LogP contribution < -0.4 is 0 Å². The molecule has 30 heavy (non-hydrogen) atoms. The maximum atomic E-state index is 2.47. The van der Waals surface area contributed by atoms with Gasteiger partial charge in [-0.2, -0.15) is 0 Å². The molecule has 1 aromatic carbocycles. The van der Waals surface area contributed by atoms with E-state index in [1.807, 2.05) is 0 Å². The third kappa shape index (κ3) is 8.05. The van der Waals surface area contributed by atoms with Gasteiger partial charge in [-0.05, 0) is 73.3 Å². The second kappa shape index (κ2) is 13.6. The SMILES string of the molecule is CCCCCC1CCC(CCc2ccc(C3CCC(CCCCC)CC3)cc2)CC1. The van der Waals surface area contributed by atoms with Crippen LogP contribution in [-0.2, 0) is 6.42 Å². The summed E-state index contributed by atoms with van der Waals surface area (Å²) in [4.78, 5) is 0. The van der Waals surface area contributed by atoms with E-state index in [1.54, 1.807) is 11.1 Å². The van der Waals surface area contributed by atoms with Crippen molar-refractivity contribution in [2.75, 3.05) is 0 Å². The summed E-state index contributed by atoms with van der Waals surface area (Å²) < 4.78 is 0. The van der Waals surface area contributed by atoms with Gasteiger partial charge in [0.2, 0.25) is 0 Å². The smallest absolute Gasteiger partial charge is 0.0162 e. The zero-order valence-corrected chi connectivity index (χ0v) is 20.3. The highest BCUT2D eigenvalue weighted by Gasteiger charge is 2.23. The Kier molecular flexibility index (Phi) is 10.8. The molecule has 0 bridgehead atoms. The molecule has 3 rings (SSSR count). The van der Waals surface area contributed by atoms with Crippen LogP contribution in [0, 0.1) is 17.8 Å². The van der Waals surface area contributed by atoms with Crippen molar-refractivity contribution in [3.8, 4) is 0 Å². The number of unbranched alkanes of at least 4 members (excludes halogenated alkanes) is 4. The first-order valence-electron chi connectivity index (χ1n) is 13.9. The molecule has 1 aromatic rings. The Morgan fingerprint density at radius 3 is 1.53 bits per heavy atom. The molecular formula is C30H50. The van der Waals surface area contributed by atoms with E-state index < -0.39 is 0 Å². The summed E-state index contributed by atoms with van der Waals surface area (Å²) in [6.45, 7) is 4.64. The van der Waals surface area contributed by atoms with Gasteiger partial charge in [0.1, 0.15) is 0 Å². The van der Waals surface area contributed by atoms with Gasteiger partial charge in [-0.25, -0.2) is 0 Å². The van der Waals surface area contributed by atoms with Crippen LogP contribution in [0.1, 0.15) is 140 Å². The Labute approximate surface area is 188 Å². The highest BCUT2D eigenvalue weighted by molar-refractivity contribution is 5.26. The lowest BCUT2D eigenvalue weighted by Crippen LogP contribution is -2.15. The molecule has 0 spiro atoms. The van der Waals surface area contributed by atoms with E-state index in [2.05, 4.69) is 38.1 Å². The molecule has 2 fully saturated rings. The van der Waals surface area contributed by atoms with Gasteiger partial charge in [0.15, 0.2) is 0 Å². The summed E-state index contributed by atoms with van der Waals surface area (Å²) in [5.41, 5.74) is 3.20. The third-order valence-corrected chi connectivity index (χ3v) is 8.54. The minimum atomic E-state index is 0.837. The quantitative estimate of drug-likeness (QED) is 0.301. The van der Waals surface area contributed by atoms with E-state index >= 15 is 0 Å². The van der Waals surface area contributed by atoms with Crippen molar-refractivity contribution in [2.24, 2.45) is 17.8 Å². The van der Waals surface area contributed by atoms with Crippen molar-refractivity contribution in [2.45, 2.75) is 135 Å². The predicted molar refractivity (Wildman–Crippen MR) is 133 cm³/mol. The average molecular weight is 411 g/mol. The van der Waals surface area contributed by atoms with E-state index in [0.29, 0.717) is 0 Å². The zero-order valence-electron chi connectivity index (χ0n) is 20.3. The van der Waals surface area contributed by atoms with Crippen LogP contribution >= 0.6 is 0 Å². The Balaban J connectivity index is 1.33. The first-order chi connectivity index (χ1) is 14.8. The normalized spacial score (nSPS) is 27.3. The third-order valence-electron chi connectivity index (χ3n) is 8.54. The summed E-state index contributed by atoms with van der Waals surface area (Å²) in [6, 6.07) is 9.86. The Morgan fingerprint density at radius 1 is 0.567 bits per heavy atom. The lowest BCUT2D eigenvalue weighted by Gasteiger charge is -2.29. The van der Waals surface area contributed by atoms with Gasteiger partial charge in [0.25, 0.3) is 0 Å². The monoisotopic (exact) mass is 410 g/mol. The summed E-state index contributed by atoms with van der Waals surface area (Å²) in [6.07, 6.45) is 26.1. The average Bonchev–Trinajstić information content (AvgIpc) is 2.80. The molecule has 170 valence electrons. The predicted octanol–water partition coefficient (Wildman–Crippen LogP) is 9.86. The van der Waals surface area contributed by atoms with Crippen molar-refractivity contribution >= 4 is 0 Å². The maximum absolute atomic E-state index is 2.47. The van der Waals surface area contributed by atoms with Crippen molar-refractivity contribution in [1.82, 2.24) is 0 Å². The highest BCUT2D eigenvalue weighted by Crippen LogP contribution is 2.38. The molecule has 0 saturated heterocycles. The van der Waals surface area contributed by atoms with Crippen molar-refractivity contribution in [3.63, 3.8) is 0 Å². The fourth-order valence-corrected chi connectivity index (χ4v) is 6.29. The van der Waals surface area contributed by atoms with Gasteiger partial charge < -0.3 is 0 Å². The van der Waals surface area contributed by atoms with E-state index in [9.17, 15) is 0 Å². The van der Waals surface area contributed by atoms with Gasteiger partial charge in [-0.1, -0.05) is 115 Å². The molecule has 0 aliphatic heterocycles. The van der Waals surface area contributed by atoms with Crippen LogP contribution in [0.15, 0.2) is 24.3 Å². The second-order valence-electron chi connectivity index (χ2n) is 10.9. The lowest BCUT2D eigenvalue weighted by molar-refractivity contribution is 0.249. The van der Waals surface area contributed by atoms with Crippen LogP contribution in [0.25, 0.3) is 0 Å². The van der Waals surface area contributed by atoms with E-state index in [-0.39, 0.29) is 0 Å². The maximum Gasteiger partial charge on any atom is -0.0162 e. The minimum absolute atomic E-state index is 0.837. The molecule has 0 aromatic heterocycles. The molecule has 0 unspecified atom stereocenters. The van der Waals surface area contributed by atoms with Gasteiger partial charge in [0, 0.05) is 0 Å². The second-order valence-corrected chi connectivity index (χ2v) is 10.9. The molecule has 2 aliphatic rings. The van der Waals surface area contributed by atoms with E-state index in [1.165, 1.54) is 116 Å². The van der Waals surface area contributed by atoms with Crippen LogP contribution in [0.2, 0.25) is 0 Å². The Hall–Kier alpha value is -0.780. The molecule has 0 radical (unpaired) electrons. The summed E-state index contributed by atoms with van der Waals surface area (Å²) in [5, 5.41) is 0. The molecule has 0 N–H and O–H groups in total. The van der Waals surface area contributed by atoms with Crippen molar-refractivity contribution < 1.29 is 0 Å². The van der Waals surface area contributed by atoms with Crippen LogP contribution in [0.5, 0.6) is 0 Å². The van der Waals surface area contributed by atoms with E-state index in [4.69, 9.17) is 0 Å². The molecular weight excluding hydrogens is 360 g/mol. The summed E-state index contributed by atoms with van der Waals surface area (Å²) in [7, 11) is 0. The number of hydrogen-bond donors (Lipinski definition) is 0. The Morgan fingerprint density at radius 2 is 1.03 bits per heavy atom. The lowest BCUT2D eigenvalue weighted by atomic mass is 9.76. The molecule has 0 atom stereocenters.